The van der Waals surface area contributed by atoms with E-state index in [2.05, 4.69) is 10.3 Å². The highest BCUT2D eigenvalue weighted by Crippen LogP contribution is 2.22. The SMILES string of the molecule is O=C(CSc1nc2ccccc2o1)N[C@H](CCO)C(=O)O. The number of aromatic nitrogens is 1. The first-order valence-electron chi connectivity index (χ1n) is 6.21. The Morgan fingerprint density at radius 1 is 1.38 bits per heavy atom. The van der Waals surface area contributed by atoms with E-state index in [9.17, 15) is 9.59 Å². The lowest BCUT2D eigenvalue weighted by Gasteiger charge is -2.12. The zero-order valence-electron chi connectivity index (χ0n) is 11.0. The van der Waals surface area contributed by atoms with Gasteiger partial charge in [-0.3, -0.25) is 4.79 Å². The van der Waals surface area contributed by atoms with Gasteiger partial charge in [0.05, 0.1) is 5.75 Å². The smallest absolute Gasteiger partial charge is 0.326 e. The molecule has 8 heteroatoms. The minimum absolute atomic E-state index is 0.0119. The number of thioether (sulfide) groups is 1. The van der Waals surface area contributed by atoms with Crippen LogP contribution in [0.1, 0.15) is 6.42 Å². The van der Waals surface area contributed by atoms with Crippen molar-refractivity contribution in [3.63, 3.8) is 0 Å². The summed E-state index contributed by atoms with van der Waals surface area (Å²) in [5.74, 6) is -1.64. The molecule has 1 aromatic carbocycles. The van der Waals surface area contributed by atoms with Gasteiger partial charge in [0.2, 0.25) is 5.91 Å². The first-order chi connectivity index (χ1) is 10.1. The van der Waals surface area contributed by atoms with Crippen molar-refractivity contribution >= 4 is 34.7 Å². The number of nitrogens with zero attached hydrogens (tertiary/aromatic N) is 1. The lowest BCUT2D eigenvalue weighted by molar-refractivity contribution is -0.141. The second kappa shape index (κ2) is 7.09. The Morgan fingerprint density at radius 3 is 2.81 bits per heavy atom. The standard InChI is InChI=1S/C13H14N2O5S/c16-6-5-9(12(18)19)14-11(17)7-21-13-15-8-3-1-2-4-10(8)20-13/h1-4,9,16H,5-7H2,(H,14,17)(H,18,19)/t9-/m1/s1. The maximum Gasteiger partial charge on any atom is 0.326 e. The molecule has 0 aliphatic carbocycles. The predicted octanol–water partition coefficient (Wildman–Crippen LogP) is 0.872. The van der Waals surface area contributed by atoms with Crippen LogP contribution in [0.5, 0.6) is 0 Å². The zero-order valence-corrected chi connectivity index (χ0v) is 11.8. The van der Waals surface area contributed by atoms with Gasteiger partial charge in [-0.2, -0.15) is 0 Å². The van der Waals surface area contributed by atoms with Gasteiger partial charge in [-0.05, 0) is 12.1 Å². The Labute approximate surface area is 124 Å². The quantitative estimate of drug-likeness (QED) is 0.650. The lowest BCUT2D eigenvalue weighted by atomic mass is 10.2. The van der Waals surface area contributed by atoms with Gasteiger partial charge in [-0.25, -0.2) is 9.78 Å². The number of carbonyl (C=O) groups is 2. The number of carbonyl (C=O) groups excluding carboxylic acids is 1. The normalized spacial score (nSPS) is 12.2. The summed E-state index contributed by atoms with van der Waals surface area (Å²) in [6, 6.07) is 6.13. The summed E-state index contributed by atoms with van der Waals surface area (Å²) in [4.78, 5) is 26.7. The van der Waals surface area contributed by atoms with E-state index >= 15 is 0 Å². The number of hydrogen-bond donors (Lipinski definition) is 3. The molecule has 1 atom stereocenters. The maximum absolute atomic E-state index is 11.7. The summed E-state index contributed by atoms with van der Waals surface area (Å²) in [5, 5.41) is 20.3. The van der Waals surface area contributed by atoms with E-state index in [1.165, 1.54) is 0 Å². The third-order valence-electron chi connectivity index (χ3n) is 2.65. The van der Waals surface area contributed by atoms with Gasteiger partial charge in [-0.15, -0.1) is 0 Å². The molecular weight excluding hydrogens is 296 g/mol. The van der Waals surface area contributed by atoms with E-state index in [-0.39, 0.29) is 18.8 Å². The first kappa shape index (κ1) is 15.3. The Hall–Kier alpha value is -2.06. The number of benzene rings is 1. The second-order valence-corrected chi connectivity index (χ2v) is 5.13. The number of carboxylic acids is 1. The van der Waals surface area contributed by atoms with Gasteiger partial charge in [0.15, 0.2) is 5.58 Å². The van der Waals surface area contributed by atoms with Crippen molar-refractivity contribution in [2.75, 3.05) is 12.4 Å². The van der Waals surface area contributed by atoms with Crippen molar-refractivity contribution in [3.05, 3.63) is 24.3 Å². The average molecular weight is 310 g/mol. The molecule has 1 amide bonds. The molecule has 1 aromatic heterocycles. The fourth-order valence-corrected chi connectivity index (χ4v) is 2.31. The lowest BCUT2D eigenvalue weighted by Crippen LogP contribution is -2.42. The fraction of sp³-hybridized carbons (Fsp3) is 0.308. The van der Waals surface area contributed by atoms with Crippen molar-refractivity contribution in [2.45, 2.75) is 17.7 Å². The average Bonchev–Trinajstić information content (AvgIpc) is 2.87. The van der Waals surface area contributed by atoms with Gasteiger partial charge < -0.3 is 19.9 Å². The molecule has 0 bridgehead atoms. The molecule has 0 unspecified atom stereocenters. The van der Waals surface area contributed by atoms with Crippen LogP contribution in [0.25, 0.3) is 11.1 Å². The third kappa shape index (κ3) is 4.20. The number of amides is 1. The summed E-state index contributed by atoms with van der Waals surface area (Å²) >= 11 is 1.08. The van der Waals surface area contributed by atoms with Crippen LogP contribution in [0.3, 0.4) is 0 Å². The van der Waals surface area contributed by atoms with E-state index in [0.717, 1.165) is 11.8 Å². The van der Waals surface area contributed by atoms with Crippen LogP contribution in [0.15, 0.2) is 33.9 Å². The monoisotopic (exact) mass is 310 g/mol. The molecular formula is C13H14N2O5S. The topological polar surface area (TPSA) is 113 Å². The predicted molar refractivity (Wildman–Crippen MR) is 76.0 cm³/mol. The number of aliphatic hydroxyl groups excluding tert-OH is 1. The fourth-order valence-electron chi connectivity index (χ4n) is 1.66. The van der Waals surface area contributed by atoms with Crippen LogP contribution < -0.4 is 5.32 Å². The molecule has 0 aliphatic heterocycles. The molecule has 0 saturated heterocycles. The maximum atomic E-state index is 11.7. The molecule has 2 rings (SSSR count). The number of aliphatic hydroxyl groups is 1. The van der Waals surface area contributed by atoms with Crippen LogP contribution in [0, 0.1) is 0 Å². The van der Waals surface area contributed by atoms with Gasteiger partial charge in [-0.1, -0.05) is 23.9 Å². The van der Waals surface area contributed by atoms with Gasteiger partial charge in [0.1, 0.15) is 11.6 Å². The Bertz CT molecular complexity index is 609. The van der Waals surface area contributed by atoms with Crippen LogP contribution in [-0.4, -0.2) is 45.5 Å². The van der Waals surface area contributed by atoms with E-state index in [4.69, 9.17) is 14.6 Å². The number of aliphatic carboxylic acids is 1. The summed E-state index contributed by atoms with van der Waals surface area (Å²) in [6.07, 6.45) is -0.0331. The molecule has 3 N–H and O–H groups in total. The minimum atomic E-state index is -1.18. The number of fused-ring (bicyclic) bond motifs is 1. The minimum Gasteiger partial charge on any atom is -0.480 e. The molecule has 2 aromatic rings. The Morgan fingerprint density at radius 2 is 2.14 bits per heavy atom. The van der Waals surface area contributed by atoms with Crippen LogP contribution in [0.4, 0.5) is 0 Å². The molecule has 21 heavy (non-hydrogen) atoms. The highest BCUT2D eigenvalue weighted by molar-refractivity contribution is 7.99. The van der Waals surface area contributed by atoms with Crippen LogP contribution in [-0.2, 0) is 9.59 Å². The summed E-state index contributed by atoms with van der Waals surface area (Å²) in [7, 11) is 0. The Balaban J connectivity index is 1.89. The van der Waals surface area contributed by atoms with E-state index in [0.29, 0.717) is 16.3 Å². The molecule has 0 spiro atoms. The Kier molecular flexibility index (Phi) is 5.18. The summed E-state index contributed by atoms with van der Waals surface area (Å²) in [5.41, 5.74) is 1.33. The summed E-state index contributed by atoms with van der Waals surface area (Å²) < 4.78 is 5.43. The third-order valence-corrected chi connectivity index (χ3v) is 3.48. The van der Waals surface area contributed by atoms with Crippen molar-refractivity contribution in [2.24, 2.45) is 0 Å². The van der Waals surface area contributed by atoms with E-state index in [1.54, 1.807) is 12.1 Å². The molecule has 112 valence electrons. The van der Waals surface area contributed by atoms with Crippen LogP contribution >= 0.6 is 11.8 Å². The van der Waals surface area contributed by atoms with Gasteiger partial charge in [0.25, 0.3) is 5.22 Å². The van der Waals surface area contributed by atoms with Crippen molar-refractivity contribution < 1.29 is 24.2 Å². The summed E-state index contributed by atoms with van der Waals surface area (Å²) in [6.45, 7) is -0.310. The van der Waals surface area contributed by atoms with Crippen molar-refractivity contribution in [3.8, 4) is 0 Å². The number of para-hydroxylation sites is 2. The number of nitrogens with one attached hydrogen (secondary N) is 1. The molecule has 0 radical (unpaired) electrons. The van der Waals surface area contributed by atoms with Crippen molar-refractivity contribution in [1.82, 2.24) is 10.3 Å². The van der Waals surface area contributed by atoms with Gasteiger partial charge >= 0.3 is 5.97 Å². The largest absolute Gasteiger partial charge is 0.480 e. The molecule has 1 heterocycles. The second-order valence-electron chi connectivity index (χ2n) is 4.21. The number of oxazole rings is 1. The van der Waals surface area contributed by atoms with E-state index < -0.39 is 17.9 Å². The molecule has 0 fully saturated rings. The highest BCUT2D eigenvalue weighted by atomic mass is 32.2. The van der Waals surface area contributed by atoms with E-state index in [1.807, 2.05) is 12.1 Å². The van der Waals surface area contributed by atoms with Crippen molar-refractivity contribution in [1.29, 1.82) is 0 Å². The number of carboxylic acid groups (broad SMARTS) is 1. The molecule has 0 saturated carbocycles. The number of rotatable bonds is 7. The van der Waals surface area contributed by atoms with Crippen LogP contribution in [0.2, 0.25) is 0 Å². The first-order valence-corrected chi connectivity index (χ1v) is 7.20. The highest BCUT2D eigenvalue weighted by Gasteiger charge is 2.19. The molecule has 7 nitrogen and oxygen atoms in total. The number of hydrogen-bond acceptors (Lipinski definition) is 6. The zero-order chi connectivity index (χ0) is 15.2. The van der Waals surface area contributed by atoms with Gasteiger partial charge in [0, 0.05) is 13.0 Å². The molecule has 0 aliphatic rings.